The van der Waals surface area contributed by atoms with Crippen molar-refractivity contribution >= 4 is 11.6 Å². The molecule has 0 aromatic heterocycles. The largest absolute Gasteiger partial charge is 0.310 e. The summed E-state index contributed by atoms with van der Waals surface area (Å²) in [5.41, 5.74) is 1.22. The summed E-state index contributed by atoms with van der Waals surface area (Å²) in [6.45, 7) is 6.09. The predicted molar refractivity (Wildman–Crippen MR) is 68.7 cm³/mol. The Labute approximate surface area is 107 Å². The lowest BCUT2D eigenvalue weighted by molar-refractivity contribution is 0.442. The van der Waals surface area contributed by atoms with Gasteiger partial charge in [-0.05, 0) is 38.0 Å². The van der Waals surface area contributed by atoms with Crippen molar-refractivity contribution in [3.8, 4) is 0 Å². The van der Waals surface area contributed by atoms with E-state index in [2.05, 4.69) is 24.5 Å². The fraction of sp³-hybridized carbons (Fsp3) is 0.538. The van der Waals surface area contributed by atoms with Gasteiger partial charge in [-0.25, -0.2) is 4.39 Å². The van der Waals surface area contributed by atoms with Crippen molar-refractivity contribution in [2.45, 2.75) is 38.4 Å². The predicted octanol–water partition coefficient (Wildman–Crippen LogP) is 2.71. The molecule has 0 aliphatic carbocycles. The van der Waals surface area contributed by atoms with Crippen LogP contribution in [-0.4, -0.2) is 18.1 Å². The second-order valence-corrected chi connectivity index (χ2v) is 5.70. The monoisotopic (exact) mass is 256 g/mol. The Hall–Kier alpha value is -0.640. The van der Waals surface area contributed by atoms with Gasteiger partial charge in [-0.15, -0.1) is 0 Å². The van der Waals surface area contributed by atoms with E-state index in [4.69, 9.17) is 11.6 Å². The second-order valence-electron chi connectivity index (χ2n) is 5.30. The van der Waals surface area contributed by atoms with Gasteiger partial charge in [0.25, 0.3) is 0 Å². The molecule has 1 aromatic rings. The third-order valence-electron chi connectivity index (χ3n) is 3.16. The summed E-state index contributed by atoms with van der Waals surface area (Å²) in [6.07, 6.45) is 1.10. The molecular formula is C13H18ClFN2. The maximum Gasteiger partial charge on any atom is 0.141 e. The van der Waals surface area contributed by atoms with Gasteiger partial charge in [-0.2, -0.15) is 0 Å². The van der Waals surface area contributed by atoms with Crippen LogP contribution in [0.15, 0.2) is 18.2 Å². The van der Waals surface area contributed by atoms with Gasteiger partial charge in [-0.3, -0.25) is 0 Å². The highest BCUT2D eigenvalue weighted by Gasteiger charge is 2.29. The summed E-state index contributed by atoms with van der Waals surface area (Å²) in [4.78, 5) is 0. The molecule has 94 valence electrons. The molecule has 2 rings (SSSR count). The zero-order valence-electron chi connectivity index (χ0n) is 10.2. The Morgan fingerprint density at radius 3 is 2.88 bits per heavy atom. The Morgan fingerprint density at radius 2 is 2.29 bits per heavy atom. The van der Waals surface area contributed by atoms with E-state index >= 15 is 0 Å². The molecule has 2 N–H and O–H groups in total. The molecule has 2 nitrogen and oxygen atoms in total. The van der Waals surface area contributed by atoms with E-state index in [-0.39, 0.29) is 16.4 Å². The molecule has 0 saturated carbocycles. The van der Waals surface area contributed by atoms with Crippen LogP contribution in [-0.2, 0) is 6.54 Å². The molecule has 0 spiro atoms. The molecule has 4 heteroatoms. The lowest BCUT2D eigenvalue weighted by Gasteiger charge is -2.17. The van der Waals surface area contributed by atoms with Crippen molar-refractivity contribution in [3.05, 3.63) is 34.6 Å². The molecule has 0 radical (unpaired) electrons. The first kappa shape index (κ1) is 12.8. The topological polar surface area (TPSA) is 24.1 Å². The van der Waals surface area contributed by atoms with E-state index in [0.29, 0.717) is 6.04 Å². The van der Waals surface area contributed by atoms with Crippen molar-refractivity contribution in [1.29, 1.82) is 0 Å². The van der Waals surface area contributed by atoms with E-state index in [1.807, 2.05) is 0 Å². The fourth-order valence-electron chi connectivity index (χ4n) is 2.22. The molecular weight excluding hydrogens is 239 g/mol. The highest BCUT2D eigenvalue weighted by atomic mass is 35.5. The van der Waals surface area contributed by atoms with Crippen molar-refractivity contribution in [2.75, 3.05) is 6.54 Å². The second kappa shape index (κ2) is 4.92. The summed E-state index contributed by atoms with van der Waals surface area (Å²) < 4.78 is 13.0. The SMILES string of the molecule is CC1(C)CC(NCc2ccc(F)c(Cl)c2)CN1. The van der Waals surface area contributed by atoms with Crippen LogP contribution >= 0.6 is 11.6 Å². The highest BCUT2D eigenvalue weighted by molar-refractivity contribution is 6.30. The minimum Gasteiger partial charge on any atom is -0.310 e. The maximum atomic E-state index is 13.0. The third-order valence-corrected chi connectivity index (χ3v) is 3.45. The number of halogens is 2. The van der Waals surface area contributed by atoms with Crippen molar-refractivity contribution in [2.24, 2.45) is 0 Å². The number of hydrogen-bond donors (Lipinski definition) is 2. The molecule has 17 heavy (non-hydrogen) atoms. The van der Waals surface area contributed by atoms with Crippen LogP contribution in [0.1, 0.15) is 25.8 Å². The first-order valence-corrected chi connectivity index (χ1v) is 6.26. The van der Waals surface area contributed by atoms with Crippen LogP contribution in [0.2, 0.25) is 5.02 Å². The minimum absolute atomic E-state index is 0.189. The van der Waals surface area contributed by atoms with E-state index in [9.17, 15) is 4.39 Å². The Morgan fingerprint density at radius 1 is 1.53 bits per heavy atom. The van der Waals surface area contributed by atoms with Gasteiger partial charge in [0.15, 0.2) is 0 Å². The van der Waals surface area contributed by atoms with E-state index in [0.717, 1.165) is 25.1 Å². The quantitative estimate of drug-likeness (QED) is 0.869. The molecule has 1 unspecified atom stereocenters. The number of benzene rings is 1. The van der Waals surface area contributed by atoms with Crippen LogP contribution in [0.4, 0.5) is 4.39 Å². The standard InChI is InChI=1S/C13H18ClFN2/c1-13(2)6-10(8-17-13)16-7-9-3-4-12(15)11(14)5-9/h3-5,10,16-17H,6-8H2,1-2H3. The number of rotatable bonds is 3. The Balaban J connectivity index is 1.88. The average Bonchev–Trinajstić information content (AvgIpc) is 2.60. The van der Waals surface area contributed by atoms with E-state index in [1.54, 1.807) is 12.1 Å². The molecule has 0 amide bonds. The molecule has 1 aliphatic rings. The normalized spacial score (nSPS) is 22.9. The smallest absolute Gasteiger partial charge is 0.141 e. The highest BCUT2D eigenvalue weighted by Crippen LogP contribution is 2.19. The summed E-state index contributed by atoms with van der Waals surface area (Å²) in [5.74, 6) is -0.362. The Bertz CT molecular complexity index is 406. The van der Waals surface area contributed by atoms with Gasteiger partial charge < -0.3 is 10.6 Å². The molecule has 1 heterocycles. The lowest BCUT2D eigenvalue weighted by atomic mass is 10.0. The van der Waals surface area contributed by atoms with Crippen LogP contribution in [0.25, 0.3) is 0 Å². The summed E-state index contributed by atoms with van der Waals surface area (Å²) in [7, 11) is 0. The third kappa shape index (κ3) is 3.41. The van der Waals surface area contributed by atoms with Crippen molar-refractivity contribution in [1.82, 2.24) is 10.6 Å². The summed E-state index contributed by atoms with van der Waals surface area (Å²) >= 11 is 5.74. The van der Waals surface area contributed by atoms with Crippen molar-refractivity contribution < 1.29 is 4.39 Å². The van der Waals surface area contributed by atoms with Gasteiger partial charge in [0.2, 0.25) is 0 Å². The van der Waals surface area contributed by atoms with Crippen LogP contribution < -0.4 is 10.6 Å². The van der Waals surface area contributed by atoms with Gasteiger partial charge in [0.05, 0.1) is 5.02 Å². The van der Waals surface area contributed by atoms with E-state index < -0.39 is 0 Å². The average molecular weight is 257 g/mol. The first-order valence-electron chi connectivity index (χ1n) is 5.89. The molecule has 1 atom stereocenters. The molecule has 1 aromatic carbocycles. The van der Waals surface area contributed by atoms with E-state index in [1.165, 1.54) is 6.07 Å². The lowest BCUT2D eigenvalue weighted by Crippen LogP contribution is -2.31. The van der Waals surface area contributed by atoms with Gasteiger partial charge in [0.1, 0.15) is 5.82 Å². The summed E-state index contributed by atoms with van der Waals surface area (Å²) in [5, 5.41) is 7.10. The zero-order chi connectivity index (χ0) is 12.5. The molecule has 1 fully saturated rings. The van der Waals surface area contributed by atoms with Gasteiger partial charge >= 0.3 is 0 Å². The molecule has 1 saturated heterocycles. The number of hydrogen-bond acceptors (Lipinski definition) is 2. The van der Waals surface area contributed by atoms with Crippen LogP contribution in [0, 0.1) is 5.82 Å². The molecule has 0 bridgehead atoms. The number of nitrogens with one attached hydrogen (secondary N) is 2. The van der Waals surface area contributed by atoms with Crippen molar-refractivity contribution in [3.63, 3.8) is 0 Å². The van der Waals surface area contributed by atoms with Gasteiger partial charge in [0, 0.05) is 24.7 Å². The summed E-state index contributed by atoms with van der Waals surface area (Å²) in [6, 6.07) is 5.32. The molecule has 1 aliphatic heterocycles. The Kier molecular flexibility index (Phi) is 3.71. The van der Waals surface area contributed by atoms with Gasteiger partial charge in [-0.1, -0.05) is 17.7 Å². The first-order chi connectivity index (χ1) is 7.96. The maximum absolute atomic E-state index is 13.0. The minimum atomic E-state index is -0.362. The zero-order valence-corrected chi connectivity index (χ0v) is 10.9. The van der Waals surface area contributed by atoms with Crippen LogP contribution in [0.5, 0.6) is 0 Å². The van der Waals surface area contributed by atoms with Crippen LogP contribution in [0.3, 0.4) is 0 Å². The fourth-order valence-corrected chi connectivity index (χ4v) is 2.42.